The van der Waals surface area contributed by atoms with Crippen molar-refractivity contribution in [3.8, 4) is 5.75 Å². The Morgan fingerprint density at radius 2 is 2.04 bits per heavy atom. The number of fused-ring (bicyclic) bond motifs is 1. The summed E-state index contributed by atoms with van der Waals surface area (Å²) >= 11 is 1.42. The molecule has 1 aromatic heterocycles. The fourth-order valence-corrected chi connectivity index (χ4v) is 3.63. The summed E-state index contributed by atoms with van der Waals surface area (Å²) in [6.07, 6.45) is 0. The van der Waals surface area contributed by atoms with Gasteiger partial charge in [0, 0.05) is 12.1 Å². The summed E-state index contributed by atoms with van der Waals surface area (Å²) < 4.78 is 21.9. The molecule has 3 aromatic rings. The van der Waals surface area contributed by atoms with Crippen LogP contribution in [0.3, 0.4) is 0 Å². The predicted octanol–water partition coefficient (Wildman–Crippen LogP) is 4.00. The van der Waals surface area contributed by atoms with Gasteiger partial charge in [0.25, 0.3) is 5.91 Å². The Hall–Kier alpha value is -2.47. The van der Waals surface area contributed by atoms with E-state index in [2.05, 4.69) is 4.99 Å². The van der Waals surface area contributed by atoms with Crippen molar-refractivity contribution in [3.63, 3.8) is 0 Å². The van der Waals surface area contributed by atoms with E-state index in [1.807, 2.05) is 36.6 Å². The number of halogens is 1. The Kier molecular flexibility index (Phi) is 4.76. The number of hydrogen-bond donors (Lipinski definition) is 0. The Balaban J connectivity index is 2.15. The minimum Gasteiger partial charge on any atom is -0.492 e. The Morgan fingerprint density at radius 1 is 1.25 bits per heavy atom. The Bertz CT molecular complexity index is 959. The normalized spacial score (nSPS) is 11.9. The zero-order chi connectivity index (χ0) is 17.1. The van der Waals surface area contributed by atoms with Crippen LogP contribution in [0, 0.1) is 5.82 Å². The minimum atomic E-state index is -0.457. The van der Waals surface area contributed by atoms with Crippen molar-refractivity contribution in [2.45, 2.75) is 20.4 Å². The standard InChI is InChI=1S/C18H17FN2O2S/c1-3-21-16-14(23-4-2)9-6-10-15(16)24-18(21)20-17(22)12-7-5-8-13(19)11-12/h5-11H,3-4H2,1-2H3. The van der Waals surface area contributed by atoms with Gasteiger partial charge in [-0.15, -0.1) is 0 Å². The van der Waals surface area contributed by atoms with Crippen LogP contribution in [0.5, 0.6) is 5.75 Å². The van der Waals surface area contributed by atoms with Crippen LogP contribution >= 0.6 is 11.3 Å². The number of carbonyl (C=O) groups excluding carboxylic acids is 1. The van der Waals surface area contributed by atoms with Gasteiger partial charge in [-0.05, 0) is 44.2 Å². The van der Waals surface area contributed by atoms with Gasteiger partial charge in [0.15, 0.2) is 4.80 Å². The van der Waals surface area contributed by atoms with Gasteiger partial charge in [-0.3, -0.25) is 4.79 Å². The smallest absolute Gasteiger partial charge is 0.279 e. The molecule has 0 aliphatic heterocycles. The average molecular weight is 344 g/mol. The van der Waals surface area contributed by atoms with Crippen molar-refractivity contribution < 1.29 is 13.9 Å². The monoisotopic (exact) mass is 344 g/mol. The summed E-state index contributed by atoms with van der Waals surface area (Å²) in [4.78, 5) is 17.1. The zero-order valence-corrected chi connectivity index (χ0v) is 14.3. The van der Waals surface area contributed by atoms with Crippen LogP contribution in [0.15, 0.2) is 47.5 Å². The van der Waals surface area contributed by atoms with Crippen LogP contribution in [0.2, 0.25) is 0 Å². The molecule has 0 fully saturated rings. The molecule has 0 N–H and O–H groups in total. The maximum Gasteiger partial charge on any atom is 0.279 e. The third-order valence-corrected chi connectivity index (χ3v) is 4.59. The van der Waals surface area contributed by atoms with Gasteiger partial charge in [0.2, 0.25) is 0 Å². The molecule has 24 heavy (non-hydrogen) atoms. The number of benzene rings is 2. The molecule has 0 bridgehead atoms. The SMILES string of the molecule is CCOc1cccc2sc(=NC(=O)c3cccc(F)c3)n(CC)c12. The maximum absolute atomic E-state index is 13.3. The van der Waals surface area contributed by atoms with E-state index in [0.29, 0.717) is 18.0 Å². The molecule has 0 saturated carbocycles. The summed E-state index contributed by atoms with van der Waals surface area (Å²) in [5.74, 6) is -0.136. The number of nitrogens with zero attached hydrogens (tertiary/aromatic N) is 2. The Morgan fingerprint density at radius 3 is 2.75 bits per heavy atom. The maximum atomic E-state index is 13.3. The number of aryl methyl sites for hydroxylation is 1. The van der Waals surface area contributed by atoms with Crippen LogP contribution in [-0.4, -0.2) is 17.1 Å². The summed E-state index contributed by atoms with van der Waals surface area (Å²) in [6, 6.07) is 11.4. The predicted molar refractivity (Wildman–Crippen MR) is 93.0 cm³/mol. The largest absolute Gasteiger partial charge is 0.492 e. The molecular formula is C18H17FN2O2S. The van der Waals surface area contributed by atoms with Crippen molar-refractivity contribution in [3.05, 3.63) is 58.6 Å². The van der Waals surface area contributed by atoms with Gasteiger partial charge in [0.05, 0.1) is 11.3 Å². The number of ether oxygens (including phenoxy) is 1. The van der Waals surface area contributed by atoms with E-state index >= 15 is 0 Å². The van der Waals surface area contributed by atoms with Gasteiger partial charge in [0.1, 0.15) is 17.1 Å². The van der Waals surface area contributed by atoms with E-state index in [0.717, 1.165) is 16.0 Å². The summed E-state index contributed by atoms with van der Waals surface area (Å²) in [7, 11) is 0. The molecule has 1 amide bonds. The number of carbonyl (C=O) groups is 1. The number of aromatic nitrogens is 1. The lowest BCUT2D eigenvalue weighted by Gasteiger charge is -2.07. The van der Waals surface area contributed by atoms with E-state index < -0.39 is 11.7 Å². The zero-order valence-electron chi connectivity index (χ0n) is 13.5. The van der Waals surface area contributed by atoms with Crippen molar-refractivity contribution in [1.82, 2.24) is 4.57 Å². The first kappa shape index (κ1) is 16.4. The van der Waals surface area contributed by atoms with Crippen molar-refractivity contribution in [2.75, 3.05) is 6.61 Å². The fraction of sp³-hybridized carbons (Fsp3) is 0.222. The molecule has 0 radical (unpaired) electrons. The van der Waals surface area contributed by atoms with Gasteiger partial charge in [-0.25, -0.2) is 4.39 Å². The number of thiazole rings is 1. The second-order valence-corrected chi connectivity index (χ2v) is 6.10. The summed E-state index contributed by atoms with van der Waals surface area (Å²) in [5, 5.41) is 0. The first-order valence-electron chi connectivity index (χ1n) is 7.73. The fourth-order valence-electron chi connectivity index (χ4n) is 2.52. The molecule has 3 rings (SSSR count). The topological polar surface area (TPSA) is 43.6 Å². The molecule has 0 atom stereocenters. The molecule has 0 saturated heterocycles. The van der Waals surface area contributed by atoms with E-state index in [1.54, 1.807) is 6.07 Å². The van der Waals surface area contributed by atoms with Crippen LogP contribution in [0.25, 0.3) is 10.2 Å². The molecule has 0 aliphatic carbocycles. The lowest BCUT2D eigenvalue weighted by Crippen LogP contribution is -2.16. The lowest BCUT2D eigenvalue weighted by molar-refractivity contribution is 0.0997. The molecule has 4 nitrogen and oxygen atoms in total. The van der Waals surface area contributed by atoms with Gasteiger partial charge >= 0.3 is 0 Å². The molecule has 0 aliphatic rings. The average Bonchev–Trinajstić information content (AvgIpc) is 2.93. The highest BCUT2D eigenvalue weighted by atomic mass is 32.1. The van der Waals surface area contributed by atoms with E-state index in [9.17, 15) is 9.18 Å². The molecule has 0 unspecified atom stereocenters. The van der Waals surface area contributed by atoms with Crippen molar-refractivity contribution in [2.24, 2.45) is 4.99 Å². The van der Waals surface area contributed by atoms with Gasteiger partial charge in [-0.2, -0.15) is 4.99 Å². The lowest BCUT2D eigenvalue weighted by atomic mass is 10.2. The highest BCUT2D eigenvalue weighted by Crippen LogP contribution is 2.27. The first-order chi connectivity index (χ1) is 11.6. The second kappa shape index (κ2) is 6.97. The summed E-state index contributed by atoms with van der Waals surface area (Å²) in [6.45, 7) is 5.13. The third-order valence-electron chi connectivity index (χ3n) is 3.55. The van der Waals surface area contributed by atoms with Gasteiger partial charge in [-0.1, -0.05) is 23.5 Å². The first-order valence-corrected chi connectivity index (χ1v) is 8.55. The quantitative estimate of drug-likeness (QED) is 0.718. The highest BCUT2D eigenvalue weighted by Gasteiger charge is 2.12. The summed E-state index contributed by atoms with van der Waals surface area (Å²) in [5.41, 5.74) is 1.16. The van der Waals surface area contributed by atoms with E-state index in [-0.39, 0.29) is 5.56 Å². The second-order valence-electron chi connectivity index (χ2n) is 5.09. The van der Waals surface area contributed by atoms with Crippen LogP contribution in [0.1, 0.15) is 24.2 Å². The molecule has 6 heteroatoms. The third kappa shape index (κ3) is 3.10. The van der Waals surface area contributed by atoms with Crippen LogP contribution < -0.4 is 9.54 Å². The number of para-hydroxylation sites is 1. The Labute approximate surface area is 142 Å². The molecular weight excluding hydrogens is 327 g/mol. The number of rotatable bonds is 4. The molecule has 2 aromatic carbocycles. The van der Waals surface area contributed by atoms with Crippen LogP contribution in [-0.2, 0) is 6.54 Å². The van der Waals surface area contributed by atoms with E-state index in [1.165, 1.54) is 29.5 Å². The number of amides is 1. The van der Waals surface area contributed by atoms with Crippen molar-refractivity contribution in [1.29, 1.82) is 0 Å². The van der Waals surface area contributed by atoms with E-state index in [4.69, 9.17) is 4.74 Å². The van der Waals surface area contributed by atoms with Crippen molar-refractivity contribution >= 4 is 27.5 Å². The molecule has 124 valence electrons. The minimum absolute atomic E-state index is 0.236. The molecule has 0 spiro atoms. The highest BCUT2D eigenvalue weighted by molar-refractivity contribution is 7.16. The molecule has 1 heterocycles. The van der Waals surface area contributed by atoms with Gasteiger partial charge < -0.3 is 9.30 Å². The number of hydrogen-bond acceptors (Lipinski definition) is 3. The van der Waals surface area contributed by atoms with Crippen LogP contribution in [0.4, 0.5) is 4.39 Å².